The number of halogens is 1. The Morgan fingerprint density at radius 1 is 1.40 bits per heavy atom. The first-order valence-corrected chi connectivity index (χ1v) is 8.39. The largest absolute Gasteiger partial charge is 0.336 e. The van der Waals surface area contributed by atoms with E-state index in [2.05, 4.69) is 10.3 Å². The average molecular weight is 314 g/mol. The summed E-state index contributed by atoms with van der Waals surface area (Å²) in [6.45, 7) is 1.88. The Kier molecular flexibility index (Phi) is 4.80. The van der Waals surface area contributed by atoms with Crippen LogP contribution < -0.4 is 5.32 Å². The van der Waals surface area contributed by atoms with Gasteiger partial charge in [-0.3, -0.25) is 0 Å². The molecule has 1 heterocycles. The van der Waals surface area contributed by atoms with Crippen LogP contribution in [0.3, 0.4) is 0 Å². The fourth-order valence-corrected chi connectivity index (χ4v) is 3.15. The van der Waals surface area contributed by atoms with Crippen LogP contribution in [0.15, 0.2) is 41.8 Å². The highest BCUT2D eigenvalue weighted by atomic mass is 35.5. The SMILES string of the molecule is CS(=O)(=O)c1cccc(Cl)c1CNCCn1ccnc1. The maximum Gasteiger partial charge on any atom is 0.175 e. The summed E-state index contributed by atoms with van der Waals surface area (Å²) >= 11 is 6.09. The van der Waals surface area contributed by atoms with Gasteiger partial charge in [-0.15, -0.1) is 0 Å². The first kappa shape index (κ1) is 15.0. The summed E-state index contributed by atoms with van der Waals surface area (Å²) in [5, 5.41) is 3.66. The summed E-state index contributed by atoms with van der Waals surface area (Å²) in [7, 11) is -3.28. The van der Waals surface area contributed by atoms with E-state index >= 15 is 0 Å². The number of hydrogen-bond acceptors (Lipinski definition) is 4. The molecule has 0 aliphatic carbocycles. The van der Waals surface area contributed by atoms with Crippen LogP contribution >= 0.6 is 11.6 Å². The minimum atomic E-state index is -3.28. The van der Waals surface area contributed by atoms with Crippen molar-refractivity contribution in [1.82, 2.24) is 14.9 Å². The standard InChI is InChI=1S/C13H16ClN3O2S/c1-20(18,19)13-4-2-3-12(14)11(13)9-15-5-7-17-8-6-16-10-17/h2-4,6,8,10,15H,5,7,9H2,1H3. The maximum absolute atomic E-state index is 11.7. The molecular formula is C13H16ClN3O2S. The first-order chi connectivity index (χ1) is 9.48. The quantitative estimate of drug-likeness (QED) is 0.825. The summed E-state index contributed by atoms with van der Waals surface area (Å²) in [4.78, 5) is 4.23. The molecule has 0 unspecified atom stereocenters. The van der Waals surface area contributed by atoms with Gasteiger partial charge in [-0.25, -0.2) is 13.4 Å². The van der Waals surface area contributed by atoms with Gasteiger partial charge in [0.2, 0.25) is 0 Å². The van der Waals surface area contributed by atoms with Crippen molar-refractivity contribution in [3.8, 4) is 0 Å². The fourth-order valence-electron chi connectivity index (χ4n) is 1.90. The number of nitrogens with one attached hydrogen (secondary N) is 1. The van der Waals surface area contributed by atoms with Crippen molar-refractivity contribution in [2.24, 2.45) is 0 Å². The van der Waals surface area contributed by atoms with Crippen LogP contribution in [0.25, 0.3) is 0 Å². The van der Waals surface area contributed by atoms with E-state index < -0.39 is 9.84 Å². The van der Waals surface area contributed by atoms with Gasteiger partial charge in [0.25, 0.3) is 0 Å². The van der Waals surface area contributed by atoms with Gasteiger partial charge in [-0.2, -0.15) is 0 Å². The van der Waals surface area contributed by atoms with E-state index in [1.54, 1.807) is 30.7 Å². The lowest BCUT2D eigenvalue weighted by Gasteiger charge is -2.11. The van der Waals surface area contributed by atoms with E-state index in [9.17, 15) is 8.42 Å². The molecule has 2 rings (SSSR count). The number of imidazole rings is 1. The van der Waals surface area contributed by atoms with Crippen LogP contribution in [-0.2, 0) is 22.9 Å². The maximum atomic E-state index is 11.7. The Morgan fingerprint density at radius 2 is 2.20 bits per heavy atom. The molecule has 0 saturated carbocycles. The van der Waals surface area contributed by atoms with Gasteiger partial charge in [0.15, 0.2) is 9.84 Å². The monoisotopic (exact) mass is 313 g/mol. The van der Waals surface area contributed by atoms with Gasteiger partial charge in [0.1, 0.15) is 0 Å². The van der Waals surface area contributed by atoms with Crippen LogP contribution in [0.2, 0.25) is 5.02 Å². The average Bonchev–Trinajstić information content (AvgIpc) is 2.88. The van der Waals surface area contributed by atoms with Crippen molar-refractivity contribution >= 4 is 21.4 Å². The second-order valence-corrected chi connectivity index (χ2v) is 6.86. The third kappa shape index (κ3) is 3.82. The van der Waals surface area contributed by atoms with Gasteiger partial charge in [-0.1, -0.05) is 17.7 Å². The highest BCUT2D eigenvalue weighted by Gasteiger charge is 2.15. The number of aromatic nitrogens is 2. The third-order valence-corrected chi connectivity index (χ3v) is 4.42. The molecule has 5 nitrogen and oxygen atoms in total. The minimum Gasteiger partial charge on any atom is -0.336 e. The van der Waals surface area contributed by atoms with Gasteiger partial charge in [0.05, 0.1) is 11.2 Å². The zero-order valence-corrected chi connectivity index (χ0v) is 12.7. The molecule has 2 aromatic rings. The zero-order valence-electron chi connectivity index (χ0n) is 11.1. The van der Waals surface area contributed by atoms with Crippen LogP contribution in [-0.4, -0.2) is 30.8 Å². The highest BCUT2D eigenvalue weighted by molar-refractivity contribution is 7.90. The predicted molar refractivity (Wildman–Crippen MR) is 78.5 cm³/mol. The van der Waals surface area contributed by atoms with E-state index in [-0.39, 0.29) is 4.90 Å². The molecule has 0 saturated heterocycles. The van der Waals surface area contributed by atoms with E-state index in [4.69, 9.17) is 11.6 Å². The van der Waals surface area contributed by atoms with Crippen LogP contribution in [0.1, 0.15) is 5.56 Å². The summed E-state index contributed by atoms with van der Waals surface area (Å²) in [5.74, 6) is 0. The molecule has 20 heavy (non-hydrogen) atoms. The van der Waals surface area contributed by atoms with Crippen LogP contribution in [0.4, 0.5) is 0 Å². The lowest BCUT2D eigenvalue weighted by molar-refractivity contribution is 0.586. The smallest absolute Gasteiger partial charge is 0.175 e. The molecule has 0 aliphatic rings. The zero-order chi connectivity index (χ0) is 14.6. The Labute approximate surface area is 123 Å². The molecule has 1 aromatic carbocycles. The molecular weight excluding hydrogens is 298 g/mol. The molecule has 0 fully saturated rings. The fraction of sp³-hybridized carbons (Fsp3) is 0.308. The van der Waals surface area contributed by atoms with Crippen LogP contribution in [0.5, 0.6) is 0 Å². The van der Waals surface area contributed by atoms with Gasteiger partial charge < -0.3 is 9.88 Å². The van der Waals surface area contributed by atoms with E-state index in [0.717, 1.165) is 6.54 Å². The molecule has 7 heteroatoms. The van der Waals surface area contributed by atoms with Crippen molar-refractivity contribution in [1.29, 1.82) is 0 Å². The number of hydrogen-bond donors (Lipinski definition) is 1. The van der Waals surface area contributed by atoms with Gasteiger partial charge >= 0.3 is 0 Å². The molecule has 0 atom stereocenters. The second kappa shape index (κ2) is 6.39. The second-order valence-electron chi connectivity index (χ2n) is 4.47. The minimum absolute atomic E-state index is 0.278. The summed E-state index contributed by atoms with van der Waals surface area (Å²) < 4.78 is 25.4. The van der Waals surface area contributed by atoms with Crippen molar-refractivity contribution in [3.05, 3.63) is 47.5 Å². The van der Waals surface area contributed by atoms with Gasteiger partial charge in [-0.05, 0) is 12.1 Å². The third-order valence-electron chi connectivity index (χ3n) is 2.88. The molecule has 1 N–H and O–H groups in total. The van der Waals surface area contributed by atoms with Crippen molar-refractivity contribution in [2.45, 2.75) is 18.0 Å². The topological polar surface area (TPSA) is 64.0 Å². The Balaban J connectivity index is 2.02. The van der Waals surface area contributed by atoms with E-state index in [0.29, 0.717) is 23.7 Å². The summed E-state index contributed by atoms with van der Waals surface area (Å²) in [6, 6.07) is 4.92. The Hall–Kier alpha value is -1.37. The lowest BCUT2D eigenvalue weighted by Crippen LogP contribution is -2.20. The molecule has 108 valence electrons. The van der Waals surface area contributed by atoms with Crippen molar-refractivity contribution in [2.75, 3.05) is 12.8 Å². The Morgan fingerprint density at radius 3 is 2.85 bits per heavy atom. The first-order valence-electron chi connectivity index (χ1n) is 6.12. The highest BCUT2D eigenvalue weighted by Crippen LogP contribution is 2.23. The predicted octanol–water partition coefficient (Wildman–Crippen LogP) is 1.73. The van der Waals surface area contributed by atoms with Crippen molar-refractivity contribution < 1.29 is 8.42 Å². The molecule has 0 radical (unpaired) electrons. The molecule has 0 amide bonds. The number of benzene rings is 1. The van der Waals surface area contributed by atoms with E-state index in [1.165, 1.54) is 6.26 Å². The van der Waals surface area contributed by atoms with Gasteiger partial charge in [0, 0.05) is 48.9 Å². The normalized spacial score (nSPS) is 11.7. The molecule has 0 spiro atoms. The number of rotatable bonds is 6. The lowest BCUT2D eigenvalue weighted by atomic mass is 10.2. The summed E-state index contributed by atoms with van der Waals surface area (Å²) in [5.41, 5.74) is 0.613. The molecule has 0 aliphatic heterocycles. The van der Waals surface area contributed by atoms with Crippen molar-refractivity contribution in [3.63, 3.8) is 0 Å². The Bertz CT molecular complexity index is 669. The number of sulfone groups is 1. The van der Waals surface area contributed by atoms with E-state index in [1.807, 2.05) is 10.8 Å². The molecule has 1 aromatic heterocycles. The van der Waals surface area contributed by atoms with Crippen LogP contribution in [0, 0.1) is 0 Å². The number of nitrogens with zero attached hydrogens (tertiary/aromatic N) is 2. The summed E-state index contributed by atoms with van der Waals surface area (Å²) in [6.07, 6.45) is 6.52. The molecule has 0 bridgehead atoms.